The zero-order chi connectivity index (χ0) is 11.5. The summed E-state index contributed by atoms with van der Waals surface area (Å²) < 4.78 is 2.62. The van der Waals surface area contributed by atoms with Crippen LogP contribution in [0.15, 0.2) is 0 Å². The van der Waals surface area contributed by atoms with Crippen LogP contribution in [0, 0.1) is 17.8 Å². The van der Waals surface area contributed by atoms with Crippen LogP contribution < -0.4 is 0 Å². The first-order valence-electron chi connectivity index (χ1n) is 5.80. The van der Waals surface area contributed by atoms with Crippen LogP contribution in [0.5, 0.6) is 0 Å². The fourth-order valence-electron chi connectivity index (χ4n) is 3.21. The Kier molecular flexibility index (Phi) is 6.05. The Bertz CT molecular complexity index is 142. The van der Waals surface area contributed by atoms with Gasteiger partial charge in [0.25, 0.3) is 0 Å². The molecule has 0 spiro atoms. The van der Waals surface area contributed by atoms with E-state index in [1.807, 2.05) is 0 Å². The zero-order valence-corrected chi connectivity index (χ0v) is 13.7. The van der Waals surface area contributed by atoms with Crippen molar-refractivity contribution < 1.29 is 0 Å². The van der Waals surface area contributed by atoms with Gasteiger partial charge in [-0.25, -0.2) is 0 Å². The molecule has 0 saturated heterocycles. The van der Waals surface area contributed by atoms with Crippen LogP contribution in [0.1, 0.15) is 48.5 Å². The molecule has 2 heteroatoms. The van der Waals surface area contributed by atoms with E-state index in [4.69, 9.17) is 0 Å². The van der Waals surface area contributed by atoms with Gasteiger partial charge in [-0.05, 0) is 0 Å². The molecule has 0 atom stereocenters. The molecule has 0 unspecified atom stereocenters. The summed E-state index contributed by atoms with van der Waals surface area (Å²) in [4.78, 5) is 0. The third kappa shape index (κ3) is 2.46. The van der Waals surface area contributed by atoms with E-state index in [0.29, 0.717) is 5.54 Å². The van der Waals surface area contributed by atoms with Crippen LogP contribution in [0.2, 0.25) is 0 Å². The summed E-state index contributed by atoms with van der Waals surface area (Å²) in [6, 6.07) is 0. The summed E-state index contributed by atoms with van der Waals surface area (Å²) in [6.07, 6.45) is 0. The van der Waals surface area contributed by atoms with E-state index in [9.17, 15) is 0 Å². The topological polar surface area (TPSA) is 3.24 Å². The summed E-state index contributed by atoms with van der Waals surface area (Å²) in [7, 11) is 0. The summed E-state index contributed by atoms with van der Waals surface area (Å²) in [6.45, 7) is 17.7. The van der Waals surface area contributed by atoms with E-state index in [1.165, 1.54) is 6.54 Å². The van der Waals surface area contributed by atoms with E-state index in [0.717, 1.165) is 17.8 Å². The van der Waals surface area contributed by atoms with E-state index in [-0.39, 0.29) is 0 Å². The molecule has 0 bridgehead atoms. The summed E-state index contributed by atoms with van der Waals surface area (Å²) in [5.74, 6) is 2.17. The molecule has 0 aliphatic carbocycles. The molecule has 0 aromatic rings. The van der Waals surface area contributed by atoms with Crippen molar-refractivity contribution in [2.24, 2.45) is 17.8 Å². The molecular formula is C12H26NSn. The Morgan fingerprint density at radius 3 is 1.29 bits per heavy atom. The van der Waals surface area contributed by atoms with Crippen molar-refractivity contribution in [2.45, 2.75) is 54.0 Å². The van der Waals surface area contributed by atoms with Crippen molar-refractivity contribution in [3.8, 4) is 0 Å². The SMILES string of the molecule is CC[N]([Sn])C(C(C)C)(C(C)C)C(C)C. The molecule has 0 aromatic carbocycles. The molecule has 0 amide bonds. The number of hydrogen-bond acceptors (Lipinski definition) is 1. The van der Waals surface area contributed by atoms with Crippen molar-refractivity contribution in [2.75, 3.05) is 6.54 Å². The molecule has 83 valence electrons. The van der Waals surface area contributed by atoms with Gasteiger partial charge in [0.15, 0.2) is 0 Å². The Morgan fingerprint density at radius 1 is 0.929 bits per heavy atom. The van der Waals surface area contributed by atoms with Crippen molar-refractivity contribution in [1.82, 2.24) is 3.12 Å². The number of nitrogens with zero attached hydrogens (tertiary/aromatic N) is 1. The monoisotopic (exact) mass is 304 g/mol. The average Bonchev–Trinajstić information content (AvgIpc) is 2.02. The predicted octanol–water partition coefficient (Wildman–Crippen LogP) is 3.10. The molecule has 0 N–H and O–H groups in total. The van der Waals surface area contributed by atoms with Gasteiger partial charge in [0, 0.05) is 0 Å². The summed E-state index contributed by atoms with van der Waals surface area (Å²) in [5, 5.41) is 0. The van der Waals surface area contributed by atoms with E-state index in [1.54, 1.807) is 22.8 Å². The van der Waals surface area contributed by atoms with Gasteiger partial charge in [-0.1, -0.05) is 0 Å². The number of rotatable bonds is 5. The standard InChI is InChI=1S/C12H26N.Sn/c1-8-13-12(9(2)3,10(4)5)11(6)7;/h9-11H,8H2,1-7H3;/q-1;+1. The van der Waals surface area contributed by atoms with Gasteiger partial charge in [0.05, 0.1) is 0 Å². The molecule has 0 saturated carbocycles. The molecule has 0 aromatic heterocycles. The minimum absolute atomic E-state index is 0.382. The van der Waals surface area contributed by atoms with Crippen molar-refractivity contribution in [1.29, 1.82) is 0 Å². The average molecular weight is 303 g/mol. The second kappa shape index (κ2) is 5.74. The molecule has 0 aliphatic rings. The molecule has 3 radical (unpaired) electrons. The first-order chi connectivity index (χ1) is 6.31. The maximum absolute atomic E-state index is 2.62. The van der Waals surface area contributed by atoms with Crippen molar-refractivity contribution >= 4 is 22.8 Å². The van der Waals surface area contributed by atoms with E-state index >= 15 is 0 Å². The van der Waals surface area contributed by atoms with Gasteiger partial charge in [-0.2, -0.15) is 0 Å². The first-order valence-corrected chi connectivity index (χ1v) is 7.08. The summed E-state index contributed by atoms with van der Waals surface area (Å²) >= 11 is 1.56. The molecular weight excluding hydrogens is 277 g/mol. The molecule has 0 heterocycles. The summed E-state index contributed by atoms with van der Waals surface area (Å²) in [5.41, 5.74) is 0.382. The predicted molar refractivity (Wildman–Crippen MR) is 65.4 cm³/mol. The third-order valence-corrected chi connectivity index (χ3v) is 5.57. The van der Waals surface area contributed by atoms with E-state index < -0.39 is 0 Å². The maximum atomic E-state index is 2.62. The molecule has 0 rings (SSSR count). The first kappa shape index (κ1) is 14.8. The number of hydrogen-bond donors (Lipinski definition) is 0. The van der Waals surface area contributed by atoms with E-state index in [2.05, 4.69) is 51.6 Å². The Balaban J connectivity index is 5.16. The second-order valence-corrected chi connectivity index (χ2v) is 6.64. The van der Waals surface area contributed by atoms with Gasteiger partial charge in [-0.15, -0.1) is 0 Å². The van der Waals surface area contributed by atoms with Crippen LogP contribution in [0.25, 0.3) is 0 Å². The molecule has 0 aliphatic heterocycles. The Morgan fingerprint density at radius 2 is 1.21 bits per heavy atom. The van der Waals surface area contributed by atoms with Crippen molar-refractivity contribution in [3.63, 3.8) is 0 Å². The molecule has 0 fully saturated rings. The van der Waals surface area contributed by atoms with Crippen LogP contribution in [-0.4, -0.2) is 38.0 Å². The van der Waals surface area contributed by atoms with Crippen LogP contribution in [-0.2, 0) is 0 Å². The quantitative estimate of drug-likeness (QED) is 0.706. The fraction of sp³-hybridized carbons (Fsp3) is 1.00. The van der Waals surface area contributed by atoms with Crippen molar-refractivity contribution in [3.05, 3.63) is 0 Å². The third-order valence-electron chi connectivity index (χ3n) is 3.56. The van der Waals surface area contributed by atoms with Crippen LogP contribution in [0.3, 0.4) is 0 Å². The van der Waals surface area contributed by atoms with Gasteiger partial charge >= 0.3 is 104 Å². The second-order valence-electron chi connectivity index (χ2n) is 5.10. The molecule has 14 heavy (non-hydrogen) atoms. The Hall–Kier alpha value is 0.759. The Labute approximate surface area is 104 Å². The van der Waals surface area contributed by atoms with Gasteiger partial charge < -0.3 is 0 Å². The van der Waals surface area contributed by atoms with Gasteiger partial charge in [0.1, 0.15) is 0 Å². The zero-order valence-electron chi connectivity index (χ0n) is 10.9. The van der Waals surface area contributed by atoms with Crippen LogP contribution >= 0.6 is 0 Å². The van der Waals surface area contributed by atoms with Crippen LogP contribution in [0.4, 0.5) is 0 Å². The van der Waals surface area contributed by atoms with Gasteiger partial charge in [-0.3, -0.25) is 0 Å². The molecule has 1 nitrogen and oxygen atoms in total. The van der Waals surface area contributed by atoms with Gasteiger partial charge in [0.2, 0.25) is 0 Å². The minimum atomic E-state index is 0.382. The fourth-order valence-corrected chi connectivity index (χ4v) is 5.42. The normalized spacial score (nSPS) is 13.7.